The number of para-hydroxylation sites is 3. The van der Waals surface area contributed by atoms with Crippen LogP contribution in [0, 0.1) is 0 Å². The molecule has 2 nitrogen and oxygen atoms in total. The van der Waals surface area contributed by atoms with Crippen LogP contribution >= 0.6 is 0 Å². The number of unbranched alkanes of at least 4 members (excludes halogenated alkanes) is 1. The minimum atomic E-state index is -0.476. The maximum Gasteiger partial charge on any atom is 0.333 e. The van der Waals surface area contributed by atoms with Crippen LogP contribution in [0.5, 0.6) is 0 Å². The molecule has 6 aromatic rings. The number of aryl methyl sites for hydroxylation is 1. The van der Waals surface area contributed by atoms with Crippen LogP contribution in [0.25, 0.3) is 11.1 Å². The number of benzene rings is 6. The number of nitrogens with zero attached hydrogens (tertiary/aromatic N) is 2. The molecule has 0 aromatic heterocycles. The molecule has 0 spiro atoms. The van der Waals surface area contributed by atoms with E-state index < -0.39 is 5.41 Å². The summed E-state index contributed by atoms with van der Waals surface area (Å²) in [5.41, 5.74) is 19.4. The van der Waals surface area contributed by atoms with Crippen LogP contribution in [0.4, 0.5) is 22.7 Å². The molecule has 1 fully saturated rings. The van der Waals surface area contributed by atoms with Crippen LogP contribution in [0.3, 0.4) is 0 Å². The van der Waals surface area contributed by atoms with Crippen LogP contribution in [-0.2, 0) is 17.3 Å². The molecule has 0 radical (unpaired) electrons. The average molecular weight is 673 g/mol. The molecule has 0 amide bonds. The Morgan fingerprint density at radius 2 is 1.29 bits per heavy atom. The minimum absolute atomic E-state index is 0.0313. The summed E-state index contributed by atoms with van der Waals surface area (Å²) < 4.78 is 0. The predicted octanol–water partition coefficient (Wildman–Crippen LogP) is 10.7. The Bertz CT molecular complexity index is 2380. The molecule has 4 aliphatic heterocycles. The number of rotatable bonds is 5. The molecule has 4 heterocycles. The van der Waals surface area contributed by atoms with E-state index in [1.807, 2.05) is 0 Å². The Balaban J connectivity index is 1.30. The van der Waals surface area contributed by atoms with Crippen molar-refractivity contribution in [3.63, 3.8) is 0 Å². The summed E-state index contributed by atoms with van der Waals surface area (Å²) in [5, 5.41) is 0. The van der Waals surface area contributed by atoms with Crippen molar-refractivity contribution in [3.8, 4) is 11.1 Å². The van der Waals surface area contributed by atoms with E-state index in [1.165, 1.54) is 111 Å². The zero-order chi connectivity index (χ0) is 34.8. The highest BCUT2D eigenvalue weighted by Gasteiger charge is 2.62. The van der Waals surface area contributed by atoms with Gasteiger partial charge in [0, 0.05) is 33.7 Å². The Morgan fingerprint density at radius 1 is 0.615 bits per heavy atom. The lowest BCUT2D eigenvalue weighted by Crippen LogP contribution is -2.65. The van der Waals surface area contributed by atoms with E-state index in [1.54, 1.807) is 5.56 Å². The van der Waals surface area contributed by atoms with Gasteiger partial charge >= 0.3 is 6.85 Å². The van der Waals surface area contributed by atoms with Crippen molar-refractivity contribution < 1.29 is 0 Å². The van der Waals surface area contributed by atoms with Crippen molar-refractivity contribution in [2.75, 3.05) is 9.71 Å². The molecule has 254 valence electrons. The first-order chi connectivity index (χ1) is 25.5. The van der Waals surface area contributed by atoms with Gasteiger partial charge in [-0.1, -0.05) is 154 Å². The smallest absolute Gasteiger partial charge is 0.333 e. The molecule has 1 aliphatic carbocycles. The van der Waals surface area contributed by atoms with Gasteiger partial charge in [-0.25, -0.2) is 0 Å². The first-order valence-electron chi connectivity index (χ1n) is 19.8. The topological polar surface area (TPSA) is 6.48 Å². The lowest BCUT2D eigenvalue weighted by atomic mass is 9.42. The second-order valence-corrected chi connectivity index (χ2v) is 16.5. The predicted molar refractivity (Wildman–Crippen MR) is 219 cm³/mol. The fraction of sp³-hybridized carbons (Fsp3) is 0.265. The van der Waals surface area contributed by atoms with Crippen LogP contribution in [0.2, 0.25) is 0 Å². The molecule has 2 atom stereocenters. The van der Waals surface area contributed by atoms with E-state index >= 15 is 0 Å². The van der Waals surface area contributed by atoms with E-state index in [-0.39, 0.29) is 17.8 Å². The normalized spacial score (nSPS) is 22.2. The van der Waals surface area contributed by atoms with E-state index in [0.29, 0.717) is 0 Å². The van der Waals surface area contributed by atoms with Gasteiger partial charge < -0.3 is 9.71 Å². The van der Waals surface area contributed by atoms with Gasteiger partial charge in [0.15, 0.2) is 0 Å². The molecule has 2 unspecified atom stereocenters. The minimum Gasteiger partial charge on any atom is -0.376 e. The Kier molecular flexibility index (Phi) is 6.33. The summed E-state index contributed by atoms with van der Waals surface area (Å²) >= 11 is 0. The van der Waals surface area contributed by atoms with Crippen LogP contribution < -0.4 is 20.6 Å². The monoisotopic (exact) mass is 672 g/mol. The van der Waals surface area contributed by atoms with E-state index in [0.717, 1.165) is 6.42 Å². The van der Waals surface area contributed by atoms with Gasteiger partial charge in [-0.15, -0.1) is 0 Å². The average Bonchev–Trinajstić information content (AvgIpc) is 3.41. The van der Waals surface area contributed by atoms with Gasteiger partial charge in [0.25, 0.3) is 0 Å². The van der Waals surface area contributed by atoms with Crippen molar-refractivity contribution in [3.05, 3.63) is 167 Å². The highest BCUT2D eigenvalue weighted by atomic mass is 15.3. The molecular formula is C49H45BN2. The molecule has 5 aliphatic rings. The van der Waals surface area contributed by atoms with Gasteiger partial charge in [-0.2, -0.15) is 0 Å². The molecule has 1 saturated carbocycles. The first kappa shape index (κ1) is 30.6. The van der Waals surface area contributed by atoms with Crippen molar-refractivity contribution in [1.82, 2.24) is 0 Å². The van der Waals surface area contributed by atoms with E-state index in [2.05, 4.69) is 164 Å². The molecule has 0 N–H and O–H groups in total. The molecular weight excluding hydrogens is 627 g/mol. The standard InChI is InChI=1S/C49H45BN2/c1-4-5-18-33-31-37-36-23-16-26-40-45(36)52(42-28-13-12-24-38(42)49(40,34-19-8-6-9-20-34)35-21-10-7-11-22-35)50-41-27-17-25-39-46(41)51(43(32-33)44(37)50)48(3)30-15-14-29-47(39,48)2/h6-13,16-17,19-28,31-32H,4-5,14-15,18,29-30H2,1-3H3. The van der Waals surface area contributed by atoms with Crippen LogP contribution in [0.1, 0.15) is 92.7 Å². The van der Waals surface area contributed by atoms with Crippen LogP contribution in [-0.4, -0.2) is 12.4 Å². The fourth-order valence-electron chi connectivity index (χ4n) is 11.7. The third-order valence-electron chi connectivity index (χ3n) is 14.2. The second-order valence-electron chi connectivity index (χ2n) is 16.5. The summed E-state index contributed by atoms with van der Waals surface area (Å²) in [7, 11) is 0. The highest BCUT2D eigenvalue weighted by Crippen LogP contribution is 2.64. The molecule has 0 bridgehead atoms. The van der Waals surface area contributed by atoms with Crippen molar-refractivity contribution in [1.29, 1.82) is 0 Å². The number of fused-ring (bicyclic) bond motifs is 9. The summed E-state index contributed by atoms with van der Waals surface area (Å²) in [6.07, 6.45) is 8.57. The molecule has 3 heteroatoms. The van der Waals surface area contributed by atoms with Gasteiger partial charge in [0.1, 0.15) is 0 Å². The quantitative estimate of drug-likeness (QED) is 0.168. The zero-order valence-corrected chi connectivity index (χ0v) is 30.6. The summed E-state index contributed by atoms with van der Waals surface area (Å²) in [6, 6.07) is 51.7. The summed E-state index contributed by atoms with van der Waals surface area (Å²) in [4.78, 5) is 5.66. The van der Waals surface area contributed by atoms with Crippen molar-refractivity contribution in [2.24, 2.45) is 0 Å². The maximum absolute atomic E-state index is 2.88. The molecule has 0 saturated heterocycles. The van der Waals surface area contributed by atoms with Crippen molar-refractivity contribution in [2.45, 2.75) is 82.1 Å². The Labute approximate surface area is 309 Å². The SMILES string of the molecule is CCCCc1cc2c3c(c1)N1c4c(cccc4C4(C)CCCCC14C)B3N1c3ccccc3C(c3ccccc3)(c3ccccc3)c3cccc-2c31. The van der Waals surface area contributed by atoms with Gasteiger partial charge in [0.05, 0.1) is 11.0 Å². The maximum atomic E-state index is 2.88. The van der Waals surface area contributed by atoms with Gasteiger partial charge in [-0.3, -0.25) is 0 Å². The lowest BCUT2D eigenvalue weighted by molar-refractivity contribution is 0.195. The van der Waals surface area contributed by atoms with Crippen LogP contribution in [0.15, 0.2) is 133 Å². The van der Waals surface area contributed by atoms with Crippen molar-refractivity contribution >= 4 is 40.5 Å². The number of hydrogen-bond acceptors (Lipinski definition) is 2. The Hall–Kier alpha value is -5.02. The number of anilines is 4. The highest BCUT2D eigenvalue weighted by molar-refractivity contribution is 6.93. The zero-order valence-electron chi connectivity index (χ0n) is 30.6. The lowest BCUT2D eigenvalue weighted by Gasteiger charge is -2.55. The third kappa shape index (κ3) is 3.58. The van der Waals surface area contributed by atoms with Gasteiger partial charge in [0.2, 0.25) is 0 Å². The largest absolute Gasteiger partial charge is 0.376 e. The summed E-state index contributed by atoms with van der Waals surface area (Å²) in [6.45, 7) is 7.59. The molecule has 6 aromatic carbocycles. The molecule has 11 rings (SSSR count). The fourth-order valence-corrected chi connectivity index (χ4v) is 11.7. The van der Waals surface area contributed by atoms with Gasteiger partial charge in [-0.05, 0) is 94.6 Å². The molecule has 52 heavy (non-hydrogen) atoms. The second kappa shape index (κ2) is 10.8. The number of hydrogen-bond donors (Lipinski definition) is 0. The van der Waals surface area contributed by atoms with E-state index in [4.69, 9.17) is 0 Å². The summed E-state index contributed by atoms with van der Waals surface area (Å²) in [5.74, 6) is 0. The third-order valence-corrected chi connectivity index (χ3v) is 14.2. The van der Waals surface area contributed by atoms with E-state index in [9.17, 15) is 0 Å². The first-order valence-corrected chi connectivity index (χ1v) is 19.8. The Morgan fingerprint density at radius 3 is 2.06 bits per heavy atom.